The molecule has 1 heterocycles. The first-order chi connectivity index (χ1) is 8.82. The van der Waals surface area contributed by atoms with E-state index in [9.17, 15) is 8.42 Å². The van der Waals surface area contributed by atoms with Crippen LogP contribution in [0.25, 0.3) is 0 Å². The van der Waals surface area contributed by atoms with Gasteiger partial charge >= 0.3 is 0 Å². The summed E-state index contributed by atoms with van der Waals surface area (Å²) in [7, 11) is -3.46. The third-order valence-corrected chi connectivity index (χ3v) is 6.78. The third-order valence-electron chi connectivity index (χ3n) is 3.45. The summed E-state index contributed by atoms with van der Waals surface area (Å²) in [6.45, 7) is 2.95. The lowest BCUT2D eigenvalue weighted by atomic mass is 9.96. The normalized spacial score (nSPS) is 25.5. The van der Waals surface area contributed by atoms with Crippen molar-refractivity contribution < 1.29 is 8.42 Å². The molecule has 4 nitrogen and oxygen atoms in total. The molecule has 1 aromatic rings. The number of rotatable bonds is 2. The van der Waals surface area contributed by atoms with Crippen LogP contribution >= 0.6 is 31.9 Å². The highest BCUT2D eigenvalue weighted by molar-refractivity contribution is 9.11. The van der Waals surface area contributed by atoms with Gasteiger partial charge in [-0.05, 0) is 46.5 Å². The zero-order chi connectivity index (χ0) is 14.2. The Kier molecular flexibility index (Phi) is 4.72. The van der Waals surface area contributed by atoms with Gasteiger partial charge in [0.25, 0.3) is 0 Å². The minimum absolute atomic E-state index is 0.0832. The first-order valence-electron chi connectivity index (χ1n) is 6.03. The maximum absolute atomic E-state index is 12.6. The molecule has 2 N–H and O–H groups in total. The van der Waals surface area contributed by atoms with E-state index >= 15 is 0 Å². The second-order valence-electron chi connectivity index (χ2n) is 4.87. The molecular weight excluding hydrogens is 396 g/mol. The van der Waals surface area contributed by atoms with Crippen molar-refractivity contribution in [2.45, 2.75) is 24.3 Å². The van der Waals surface area contributed by atoms with Gasteiger partial charge in [0.1, 0.15) is 0 Å². The molecule has 2 unspecified atom stereocenters. The van der Waals surface area contributed by atoms with Gasteiger partial charge in [0, 0.05) is 28.1 Å². The van der Waals surface area contributed by atoms with Crippen LogP contribution in [0.5, 0.6) is 0 Å². The monoisotopic (exact) mass is 410 g/mol. The molecule has 1 aromatic carbocycles. The number of nitrogens with two attached hydrogens (primary N) is 1. The van der Waals surface area contributed by atoms with Crippen LogP contribution in [0.15, 0.2) is 32.0 Å². The maximum Gasteiger partial charge on any atom is 0.244 e. The van der Waals surface area contributed by atoms with Crippen molar-refractivity contribution in [3.63, 3.8) is 0 Å². The molecule has 1 saturated heterocycles. The van der Waals surface area contributed by atoms with E-state index in [1.54, 1.807) is 18.2 Å². The third kappa shape index (κ3) is 3.21. The van der Waals surface area contributed by atoms with Crippen LogP contribution in [0.4, 0.5) is 0 Å². The van der Waals surface area contributed by atoms with E-state index in [1.807, 2.05) is 6.92 Å². The molecule has 0 spiro atoms. The molecular formula is C12H16Br2N2O2S. The summed E-state index contributed by atoms with van der Waals surface area (Å²) in [4.78, 5) is 0.304. The number of benzene rings is 1. The van der Waals surface area contributed by atoms with E-state index in [2.05, 4.69) is 31.9 Å². The predicted molar refractivity (Wildman–Crippen MR) is 82.4 cm³/mol. The summed E-state index contributed by atoms with van der Waals surface area (Å²) < 4.78 is 28.2. The highest BCUT2D eigenvalue weighted by Gasteiger charge is 2.32. The van der Waals surface area contributed by atoms with Crippen molar-refractivity contribution in [3.05, 3.63) is 27.1 Å². The van der Waals surface area contributed by atoms with Gasteiger partial charge in [-0.25, -0.2) is 8.42 Å². The number of sulfonamides is 1. The molecule has 0 amide bonds. The van der Waals surface area contributed by atoms with Gasteiger partial charge in [-0.2, -0.15) is 4.31 Å². The zero-order valence-electron chi connectivity index (χ0n) is 10.5. The molecule has 1 fully saturated rings. The Morgan fingerprint density at radius 1 is 1.37 bits per heavy atom. The largest absolute Gasteiger partial charge is 0.327 e. The molecule has 7 heteroatoms. The molecule has 0 bridgehead atoms. The predicted octanol–water partition coefficient (Wildman–Crippen LogP) is 2.57. The zero-order valence-corrected chi connectivity index (χ0v) is 14.5. The van der Waals surface area contributed by atoms with Gasteiger partial charge in [0.15, 0.2) is 0 Å². The van der Waals surface area contributed by atoms with Gasteiger partial charge in [-0.1, -0.05) is 22.9 Å². The van der Waals surface area contributed by atoms with E-state index in [1.165, 1.54) is 4.31 Å². The standard InChI is InChI=1S/C12H16Br2N2O2S/c1-8-7-16(5-4-11(8)15)19(17,18)12-3-2-9(13)6-10(12)14/h2-3,6,8,11H,4-5,7,15H2,1H3. The van der Waals surface area contributed by atoms with Crippen molar-refractivity contribution in [2.75, 3.05) is 13.1 Å². The number of hydrogen-bond donors (Lipinski definition) is 1. The van der Waals surface area contributed by atoms with Crippen molar-refractivity contribution in [1.29, 1.82) is 0 Å². The number of halogens is 2. The summed E-state index contributed by atoms with van der Waals surface area (Å²) in [5.74, 6) is 0.178. The number of hydrogen-bond acceptors (Lipinski definition) is 3. The fourth-order valence-corrected chi connectivity index (χ4v) is 5.43. The summed E-state index contributed by atoms with van der Waals surface area (Å²) in [5.41, 5.74) is 5.94. The SMILES string of the molecule is CC1CN(S(=O)(=O)c2ccc(Br)cc2Br)CCC1N. The van der Waals surface area contributed by atoms with Gasteiger partial charge in [0.05, 0.1) is 4.90 Å². The Labute approximate surface area is 130 Å². The quantitative estimate of drug-likeness (QED) is 0.813. The summed E-state index contributed by atoms with van der Waals surface area (Å²) in [6.07, 6.45) is 0.703. The highest BCUT2D eigenvalue weighted by atomic mass is 79.9. The Morgan fingerprint density at radius 2 is 2.05 bits per heavy atom. The van der Waals surface area contributed by atoms with Crippen LogP contribution in [0.2, 0.25) is 0 Å². The molecule has 19 heavy (non-hydrogen) atoms. The van der Waals surface area contributed by atoms with Crippen molar-refractivity contribution in [3.8, 4) is 0 Å². The van der Waals surface area contributed by atoms with Gasteiger partial charge < -0.3 is 5.73 Å². The van der Waals surface area contributed by atoms with Crippen LogP contribution < -0.4 is 5.73 Å². The molecule has 1 aliphatic rings. The molecule has 0 aliphatic carbocycles. The van der Waals surface area contributed by atoms with Crippen LogP contribution in [-0.2, 0) is 10.0 Å². The lowest BCUT2D eigenvalue weighted by Gasteiger charge is -2.34. The van der Waals surface area contributed by atoms with Crippen LogP contribution in [0.3, 0.4) is 0 Å². The van der Waals surface area contributed by atoms with E-state index in [0.717, 1.165) is 4.47 Å². The smallest absolute Gasteiger partial charge is 0.244 e. The first-order valence-corrected chi connectivity index (χ1v) is 9.06. The lowest BCUT2D eigenvalue weighted by Crippen LogP contribution is -2.48. The van der Waals surface area contributed by atoms with Crippen LogP contribution in [0.1, 0.15) is 13.3 Å². The molecule has 0 saturated carbocycles. The topological polar surface area (TPSA) is 63.4 Å². The fraction of sp³-hybridized carbons (Fsp3) is 0.500. The lowest BCUT2D eigenvalue weighted by molar-refractivity contribution is 0.250. The Morgan fingerprint density at radius 3 is 2.63 bits per heavy atom. The molecule has 2 atom stereocenters. The number of piperidine rings is 1. The minimum Gasteiger partial charge on any atom is -0.327 e. The second-order valence-corrected chi connectivity index (χ2v) is 8.54. The summed E-state index contributed by atoms with van der Waals surface area (Å²) in [5, 5.41) is 0. The van der Waals surface area contributed by atoms with Gasteiger partial charge in [-0.15, -0.1) is 0 Å². The average Bonchev–Trinajstić information content (AvgIpc) is 2.32. The molecule has 106 valence electrons. The van der Waals surface area contributed by atoms with Crippen molar-refractivity contribution in [1.82, 2.24) is 4.31 Å². The Bertz CT molecular complexity index is 577. The molecule has 0 radical (unpaired) electrons. The van der Waals surface area contributed by atoms with Crippen molar-refractivity contribution in [2.24, 2.45) is 11.7 Å². The Hall–Kier alpha value is 0.0500. The first kappa shape index (κ1) is 15.4. The second kappa shape index (κ2) is 5.81. The van der Waals surface area contributed by atoms with Gasteiger partial charge in [0.2, 0.25) is 10.0 Å². The Balaban J connectivity index is 2.32. The van der Waals surface area contributed by atoms with E-state index in [-0.39, 0.29) is 12.0 Å². The van der Waals surface area contributed by atoms with Crippen molar-refractivity contribution >= 4 is 41.9 Å². The molecule has 0 aromatic heterocycles. The van der Waals surface area contributed by atoms with Crippen LogP contribution in [-0.4, -0.2) is 31.9 Å². The van der Waals surface area contributed by atoms with E-state index in [4.69, 9.17) is 5.73 Å². The summed E-state index contributed by atoms with van der Waals surface area (Å²) >= 11 is 6.64. The fourth-order valence-electron chi connectivity index (χ4n) is 2.17. The molecule has 2 rings (SSSR count). The maximum atomic E-state index is 12.6. The molecule has 1 aliphatic heterocycles. The minimum atomic E-state index is -3.46. The van der Waals surface area contributed by atoms with E-state index in [0.29, 0.717) is 28.9 Å². The van der Waals surface area contributed by atoms with Gasteiger partial charge in [-0.3, -0.25) is 0 Å². The average molecular weight is 412 g/mol. The summed E-state index contributed by atoms with van der Waals surface area (Å²) in [6, 6.07) is 5.17. The van der Waals surface area contributed by atoms with E-state index < -0.39 is 10.0 Å². The number of nitrogens with zero attached hydrogens (tertiary/aromatic N) is 1. The van der Waals surface area contributed by atoms with Crippen LogP contribution in [0, 0.1) is 5.92 Å². The highest BCUT2D eigenvalue weighted by Crippen LogP contribution is 2.30.